The number of rotatable bonds is 3. The van der Waals surface area contributed by atoms with Crippen molar-refractivity contribution in [3.63, 3.8) is 0 Å². The van der Waals surface area contributed by atoms with E-state index in [2.05, 4.69) is 0 Å². The molecular formula is C17H14O4. The monoisotopic (exact) mass is 282 g/mol. The summed E-state index contributed by atoms with van der Waals surface area (Å²) in [6.07, 6.45) is 0. The van der Waals surface area contributed by atoms with Gasteiger partial charge in [0.15, 0.2) is 11.6 Å². The molecule has 0 unspecified atom stereocenters. The van der Waals surface area contributed by atoms with Crippen LogP contribution < -0.4 is 9.47 Å². The largest absolute Gasteiger partial charge is 0.496 e. The lowest BCUT2D eigenvalue weighted by Crippen LogP contribution is -2.12. The molecule has 0 amide bonds. The second kappa shape index (κ2) is 5.05. The standard InChI is InChI=1S/C17H14O4/c1-20-11-8-9-12(21-2)15-14(11)16(18)13(17(15)19)10-6-4-3-5-7-10/h3-9,13H,1-2H3. The molecule has 106 valence electrons. The summed E-state index contributed by atoms with van der Waals surface area (Å²) in [6.45, 7) is 0. The van der Waals surface area contributed by atoms with Crippen LogP contribution in [0.4, 0.5) is 0 Å². The van der Waals surface area contributed by atoms with Crippen LogP contribution in [0.3, 0.4) is 0 Å². The summed E-state index contributed by atoms with van der Waals surface area (Å²) in [5, 5.41) is 0. The molecule has 0 spiro atoms. The fourth-order valence-electron chi connectivity index (χ4n) is 2.75. The number of ketones is 2. The topological polar surface area (TPSA) is 52.6 Å². The van der Waals surface area contributed by atoms with Crippen LogP contribution in [-0.2, 0) is 0 Å². The number of fused-ring (bicyclic) bond motifs is 1. The van der Waals surface area contributed by atoms with E-state index in [1.165, 1.54) is 14.2 Å². The number of benzene rings is 2. The highest BCUT2D eigenvalue weighted by Gasteiger charge is 2.43. The molecule has 3 rings (SSSR count). The smallest absolute Gasteiger partial charge is 0.182 e. The van der Waals surface area contributed by atoms with Crippen LogP contribution in [0.5, 0.6) is 11.5 Å². The molecule has 4 heteroatoms. The second-order valence-electron chi connectivity index (χ2n) is 4.79. The fourth-order valence-corrected chi connectivity index (χ4v) is 2.75. The Morgan fingerprint density at radius 1 is 0.762 bits per heavy atom. The van der Waals surface area contributed by atoms with Gasteiger partial charge in [-0.05, 0) is 17.7 Å². The van der Waals surface area contributed by atoms with Crippen molar-refractivity contribution in [3.05, 3.63) is 59.2 Å². The Labute approximate surface area is 122 Å². The lowest BCUT2D eigenvalue weighted by molar-refractivity contribution is 0.0888. The quantitative estimate of drug-likeness (QED) is 0.812. The van der Waals surface area contributed by atoms with Crippen molar-refractivity contribution in [1.29, 1.82) is 0 Å². The Bertz CT molecular complexity index is 676. The summed E-state index contributed by atoms with van der Waals surface area (Å²) in [6, 6.07) is 12.3. The fraction of sp³-hybridized carbons (Fsp3) is 0.176. The highest BCUT2D eigenvalue weighted by Crippen LogP contribution is 2.42. The van der Waals surface area contributed by atoms with Crippen LogP contribution in [0.1, 0.15) is 32.2 Å². The Balaban J connectivity index is 2.21. The molecule has 21 heavy (non-hydrogen) atoms. The number of hydrogen-bond donors (Lipinski definition) is 0. The Morgan fingerprint density at radius 3 is 1.67 bits per heavy atom. The van der Waals surface area contributed by atoms with Crippen molar-refractivity contribution in [2.45, 2.75) is 5.92 Å². The minimum Gasteiger partial charge on any atom is -0.496 e. The van der Waals surface area contributed by atoms with Gasteiger partial charge < -0.3 is 9.47 Å². The predicted molar refractivity (Wildman–Crippen MR) is 77.4 cm³/mol. The number of methoxy groups -OCH3 is 2. The molecule has 4 nitrogen and oxygen atoms in total. The van der Waals surface area contributed by atoms with E-state index in [4.69, 9.17) is 9.47 Å². The van der Waals surface area contributed by atoms with E-state index in [1.807, 2.05) is 18.2 Å². The minimum atomic E-state index is -0.814. The molecule has 0 saturated heterocycles. The Hall–Kier alpha value is -2.62. The summed E-state index contributed by atoms with van der Waals surface area (Å²) in [4.78, 5) is 25.4. The molecule has 0 N–H and O–H groups in total. The van der Waals surface area contributed by atoms with Crippen LogP contribution in [0.25, 0.3) is 0 Å². The number of carbonyl (C=O) groups excluding carboxylic acids is 2. The number of hydrogen-bond acceptors (Lipinski definition) is 4. The minimum absolute atomic E-state index is 0.239. The lowest BCUT2D eigenvalue weighted by Gasteiger charge is -2.08. The number of ether oxygens (including phenoxy) is 2. The molecule has 2 aromatic carbocycles. The SMILES string of the molecule is COc1ccc(OC)c2c1C(=O)C(c1ccccc1)C2=O. The van der Waals surface area contributed by atoms with Crippen molar-refractivity contribution >= 4 is 11.6 Å². The van der Waals surface area contributed by atoms with E-state index in [0.29, 0.717) is 28.2 Å². The first-order chi connectivity index (χ1) is 10.2. The van der Waals surface area contributed by atoms with Crippen molar-refractivity contribution in [3.8, 4) is 11.5 Å². The van der Waals surface area contributed by atoms with Gasteiger partial charge >= 0.3 is 0 Å². The van der Waals surface area contributed by atoms with Gasteiger partial charge in [0.25, 0.3) is 0 Å². The van der Waals surface area contributed by atoms with Crippen LogP contribution in [-0.4, -0.2) is 25.8 Å². The molecule has 0 atom stereocenters. The van der Waals surface area contributed by atoms with E-state index >= 15 is 0 Å². The average molecular weight is 282 g/mol. The van der Waals surface area contributed by atoms with Gasteiger partial charge in [0.05, 0.1) is 25.3 Å². The maximum atomic E-state index is 12.7. The van der Waals surface area contributed by atoms with Crippen LogP contribution in [0, 0.1) is 0 Å². The molecule has 1 aliphatic carbocycles. The molecule has 0 heterocycles. The third-order valence-electron chi connectivity index (χ3n) is 3.72. The maximum absolute atomic E-state index is 12.7. The Kier molecular flexibility index (Phi) is 3.22. The summed E-state index contributed by atoms with van der Waals surface area (Å²) < 4.78 is 10.5. The van der Waals surface area contributed by atoms with Crippen molar-refractivity contribution in [2.75, 3.05) is 14.2 Å². The summed E-state index contributed by atoms with van der Waals surface area (Å²) in [5.41, 5.74) is 1.32. The summed E-state index contributed by atoms with van der Waals surface area (Å²) in [5.74, 6) is -0.481. The van der Waals surface area contributed by atoms with Gasteiger partial charge in [0, 0.05) is 0 Å². The number of carbonyl (C=O) groups is 2. The van der Waals surface area contributed by atoms with Gasteiger partial charge in [-0.2, -0.15) is 0 Å². The first kappa shape index (κ1) is 13.4. The summed E-state index contributed by atoms with van der Waals surface area (Å²) in [7, 11) is 2.96. The van der Waals surface area contributed by atoms with Crippen molar-refractivity contribution < 1.29 is 19.1 Å². The van der Waals surface area contributed by atoms with Crippen LogP contribution in [0.15, 0.2) is 42.5 Å². The highest BCUT2D eigenvalue weighted by atomic mass is 16.5. The zero-order valence-electron chi connectivity index (χ0n) is 11.8. The molecule has 0 aliphatic heterocycles. The molecule has 0 bridgehead atoms. The van der Waals surface area contributed by atoms with Crippen LogP contribution >= 0.6 is 0 Å². The Morgan fingerprint density at radius 2 is 1.24 bits per heavy atom. The third-order valence-corrected chi connectivity index (χ3v) is 3.72. The van der Waals surface area contributed by atoms with E-state index < -0.39 is 5.92 Å². The highest BCUT2D eigenvalue weighted by molar-refractivity contribution is 6.31. The molecule has 1 aliphatic rings. The van der Waals surface area contributed by atoms with Gasteiger partial charge in [-0.25, -0.2) is 0 Å². The number of Topliss-reactive ketones (excluding diaryl/α,β-unsaturated/α-hetero) is 2. The first-order valence-corrected chi connectivity index (χ1v) is 6.57. The zero-order valence-corrected chi connectivity index (χ0v) is 11.8. The molecule has 0 aromatic heterocycles. The van der Waals surface area contributed by atoms with Crippen molar-refractivity contribution in [2.24, 2.45) is 0 Å². The van der Waals surface area contributed by atoms with E-state index in [9.17, 15) is 9.59 Å². The van der Waals surface area contributed by atoms with Crippen molar-refractivity contribution in [1.82, 2.24) is 0 Å². The second-order valence-corrected chi connectivity index (χ2v) is 4.79. The molecule has 2 aromatic rings. The normalized spacial score (nSPS) is 14.2. The zero-order chi connectivity index (χ0) is 15.0. The van der Waals surface area contributed by atoms with Gasteiger partial charge in [-0.3, -0.25) is 9.59 Å². The molecule has 0 saturated carbocycles. The average Bonchev–Trinajstić information content (AvgIpc) is 2.79. The van der Waals surface area contributed by atoms with Gasteiger partial charge in [0.1, 0.15) is 17.4 Å². The first-order valence-electron chi connectivity index (χ1n) is 6.57. The molecular weight excluding hydrogens is 268 g/mol. The maximum Gasteiger partial charge on any atom is 0.182 e. The molecule has 0 fully saturated rings. The van der Waals surface area contributed by atoms with E-state index in [1.54, 1.807) is 24.3 Å². The summed E-state index contributed by atoms with van der Waals surface area (Å²) >= 11 is 0. The van der Waals surface area contributed by atoms with Crippen LogP contribution in [0.2, 0.25) is 0 Å². The third kappa shape index (κ3) is 1.91. The van der Waals surface area contributed by atoms with Gasteiger partial charge in [-0.1, -0.05) is 30.3 Å². The predicted octanol–water partition coefficient (Wildman–Crippen LogP) is 2.87. The van der Waals surface area contributed by atoms with E-state index in [0.717, 1.165) is 0 Å². The van der Waals surface area contributed by atoms with Gasteiger partial charge in [-0.15, -0.1) is 0 Å². The molecule has 0 radical (unpaired) electrons. The lowest BCUT2D eigenvalue weighted by atomic mass is 9.94. The van der Waals surface area contributed by atoms with Gasteiger partial charge in [0.2, 0.25) is 0 Å². The van der Waals surface area contributed by atoms with E-state index in [-0.39, 0.29) is 11.6 Å².